The highest BCUT2D eigenvalue weighted by Gasteiger charge is 2.11. The van der Waals surface area contributed by atoms with E-state index in [1.54, 1.807) is 0 Å². The second kappa shape index (κ2) is 16.1. The van der Waals surface area contributed by atoms with Crippen molar-refractivity contribution in [3.8, 4) is 0 Å². The van der Waals surface area contributed by atoms with E-state index in [0.717, 1.165) is 12.8 Å². The normalized spacial score (nSPS) is 12.5. The molecule has 2 nitrogen and oxygen atoms in total. The molecular formula is C18H35ClO2. The van der Waals surface area contributed by atoms with Crippen LogP contribution in [0.15, 0.2) is 0 Å². The second-order valence-electron chi connectivity index (χ2n) is 6.19. The summed E-state index contributed by atoms with van der Waals surface area (Å²) in [5, 5.41) is 7.96. The molecule has 1 atom stereocenters. The number of alkyl halides is 1. The molecule has 126 valence electrons. The van der Waals surface area contributed by atoms with E-state index in [1.165, 1.54) is 77.0 Å². The summed E-state index contributed by atoms with van der Waals surface area (Å²) in [6.07, 6.45) is 19.1. The van der Waals surface area contributed by atoms with Gasteiger partial charge in [0.1, 0.15) is 5.38 Å². The number of rotatable bonds is 16. The van der Waals surface area contributed by atoms with Crippen molar-refractivity contribution in [3.63, 3.8) is 0 Å². The van der Waals surface area contributed by atoms with Gasteiger partial charge in [-0.25, -0.2) is 0 Å². The zero-order valence-electron chi connectivity index (χ0n) is 13.9. The van der Waals surface area contributed by atoms with Gasteiger partial charge in [0.05, 0.1) is 0 Å². The van der Waals surface area contributed by atoms with Gasteiger partial charge in [-0.15, -0.1) is 11.6 Å². The first-order chi connectivity index (χ1) is 10.2. The van der Waals surface area contributed by atoms with E-state index in [2.05, 4.69) is 6.92 Å². The molecule has 0 aromatic rings. The number of hydrogen-bond acceptors (Lipinski definition) is 1. The van der Waals surface area contributed by atoms with Crippen LogP contribution in [0.3, 0.4) is 0 Å². The molecule has 0 saturated heterocycles. The van der Waals surface area contributed by atoms with Crippen molar-refractivity contribution >= 4 is 17.6 Å². The van der Waals surface area contributed by atoms with Gasteiger partial charge in [-0.05, 0) is 6.42 Å². The van der Waals surface area contributed by atoms with Gasteiger partial charge in [0.2, 0.25) is 0 Å². The summed E-state index contributed by atoms with van der Waals surface area (Å²) >= 11 is 5.67. The molecule has 0 amide bonds. The SMILES string of the molecule is CCCCCCCCCCCCCCCCC(Cl)C(=O)O. The number of carboxylic acids is 1. The number of unbranched alkanes of at least 4 members (excludes halogenated alkanes) is 13. The van der Waals surface area contributed by atoms with Crippen LogP contribution in [0, 0.1) is 0 Å². The quantitative estimate of drug-likeness (QED) is 0.259. The summed E-state index contributed by atoms with van der Waals surface area (Å²) in [7, 11) is 0. The van der Waals surface area contributed by atoms with Crippen molar-refractivity contribution < 1.29 is 9.90 Å². The maximum absolute atomic E-state index is 10.5. The van der Waals surface area contributed by atoms with Gasteiger partial charge in [0.15, 0.2) is 0 Å². The first kappa shape index (κ1) is 20.8. The lowest BCUT2D eigenvalue weighted by atomic mass is 10.0. The minimum absolute atomic E-state index is 0.606. The third-order valence-corrected chi connectivity index (χ3v) is 4.48. The molecule has 1 unspecified atom stereocenters. The Labute approximate surface area is 136 Å². The highest BCUT2D eigenvalue weighted by molar-refractivity contribution is 6.29. The molecule has 0 aliphatic rings. The Morgan fingerprint density at radius 3 is 1.43 bits per heavy atom. The minimum Gasteiger partial charge on any atom is -0.480 e. The van der Waals surface area contributed by atoms with Crippen LogP contribution < -0.4 is 0 Å². The molecule has 0 bridgehead atoms. The lowest BCUT2D eigenvalue weighted by molar-refractivity contribution is -0.136. The zero-order valence-corrected chi connectivity index (χ0v) is 14.7. The van der Waals surface area contributed by atoms with Crippen LogP contribution in [0.4, 0.5) is 0 Å². The van der Waals surface area contributed by atoms with Gasteiger partial charge < -0.3 is 5.11 Å². The molecule has 0 rings (SSSR count). The van der Waals surface area contributed by atoms with Gasteiger partial charge in [0, 0.05) is 0 Å². The average molecular weight is 319 g/mol. The van der Waals surface area contributed by atoms with E-state index >= 15 is 0 Å². The van der Waals surface area contributed by atoms with Crippen LogP contribution in [0.1, 0.15) is 103 Å². The average Bonchev–Trinajstić information content (AvgIpc) is 2.47. The van der Waals surface area contributed by atoms with E-state index in [4.69, 9.17) is 16.7 Å². The van der Waals surface area contributed by atoms with Crippen LogP contribution in [-0.2, 0) is 4.79 Å². The van der Waals surface area contributed by atoms with E-state index in [-0.39, 0.29) is 0 Å². The highest BCUT2D eigenvalue weighted by atomic mass is 35.5. The summed E-state index contributed by atoms with van der Waals surface area (Å²) < 4.78 is 0. The fourth-order valence-electron chi connectivity index (χ4n) is 2.64. The minimum atomic E-state index is -0.883. The number of halogens is 1. The largest absolute Gasteiger partial charge is 0.480 e. The molecule has 0 aromatic carbocycles. The summed E-state index contributed by atoms with van der Waals surface area (Å²) in [6.45, 7) is 2.26. The molecule has 0 aliphatic carbocycles. The van der Waals surface area contributed by atoms with Gasteiger partial charge in [-0.2, -0.15) is 0 Å². The molecule has 21 heavy (non-hydrogen) atoms. The van der Waals surface area contributed by atoms with Gasteiger partial charge in [0.25, 0.3) is 0 Å². The molecule has 0 fully saturated rings. The summed E-state index contributed by atoms with van der Waals surface area (Å²) in [6, 6.07) is 0. The highest BCUT2D eigenvalue weighted by Crippen LogP contribution is 2.14. The monoisotopic (exact) mass is 318 g/mol. The predicted molar refractivity (Wildman–Crippen MR) is 92.2 cm³/mol. The Kier molecular flexibility index (Phi) is 16.0. The number of aliphatic carboxylic acids is 1. The molecule has 0 spiro atoms. The Hall–Kier alpha value is -0.240. The first-order valence-corrected chi connectivity index (χ1v) is 9.49. The number of carboxylic acid groups (broad SMARTS) is 1. The van der Waals surface area contributed by atoms with E-state index in [9.17, 15) is 4.79 Å². The molecule has 3 heteroatoms. The van der Waals surface area contributed by atoms with Crippen molar-refractivity contribution in [3.05, 3.63) is 0 Å². The Morgan fingerprint density at radius 1 is 0.762 bits per heavy atom. The van der Waals surface area contributed by atoms with Crippen LogP contribution >= 0.6 is 11.6 Å². The third-order valence-electron chi connectivity index (χ3n) is 4.08. The molecular weight excluding hydrogens is 284 g/mol. The fraction of sp³-hybridized carbons (Fsp3) is 0.944. The van der Waals surface area contributed by atoms with Gasteiger partial charge in [-0.1, -0.05) is 96.8 Å². The molecule has 1 N–H and O–H groups in total. The maximum Gasteiger partial charge on any atom is 0.321 e. The van der Waals surface area contributed by atoms with Crippen LogP contribution in [0.25, 0.3) is 0 Å². The van der Waals surface area contributed by atoms with E-state index < -0.39 is 11.3 Å². The van der Waals surface area contributed by atoms with Gasteiger partial charge in [-0.3, -0.25) is 4.79 Å². The zero-order chi connectivity index (χ0) is 15.8. The summed E-state index contributed by atoms with van der Waals surface area (Å²) in [5.41, 5.74) is 0. The smallest absolute Gasteiger partial charge is 0.321 e. The second-order valence-corrected chi connectivity index (χ2v) is 6.72. The van der Waals surface area contributed by atoms with Crippen molar-refractivity contribution in [1.29, 1.82) is 0 Å². The topological polar surface area (TPSA) is 37.3 Å². The maximum atomic E-state index is 10.5. The predicted octanol–water partition coefficient (Wildman–Crippen LogP) is 6.55. The van der Waals surface area contributed by atoms with Crippen molar-refractivity contribution in [2.24, 2.45) is 0 Å². The van der Waals surface area contributed by atoms with E-state index in [1.807, 2.05) is 0 Å². The first-order valence-electron chi connectivity index (χ1n) is 9.05. The molecule has 0 saturated carbocycles. The molecule has 0 heterocycles. The Balaban J connectivity index is 3.04. The number of hydrogen-bond donors (Lipinski definition) is 1. The summed E-state index contributed by atoms with van der Waals surface area (Å²) in [5.74, 6) is -0.883. The molecule has 0 aliphatic heterocycles. The van der Waals surface area contributed by atoms with Crippen LogP contribution in [0.5, 0.6) is 0 Å². The standard InChI is InChI=1S/C18H35ClO2/c1-2-3-4-5-6-7-8-9-10-11-12-13-14-15-16-17(19)18(20)21/h17H,2-16H2,1H3,(H,20,21). The van der Waals surface area contributed by atoms with Crippen molar-refractivity contribution in [2.75, 3.05) is 0 Å². The Morgan fingerprint density at radius 2 is 1.10 bits per heavy atom. The summed E-state index contributed by atoms with van der Waals surface area (Å²) in [4.78, 5) is 10.5. The van der Waals surface area contributed by atoms with E-state index in [0.29, 0.717) is 6.42 Å². The Bertz CT molecular complexity index is 231. The number of carbonyl (C=O) groups is 1. The third kappa shape index (κ3) is 16.0. The molecule has 0 radical (unpaired) electrons. The van der Waals surface area contributed by atoms with Crippen LogP contribution in [-0.4, -0.2) is 16.5 Å². The van der Waals surface area contributed by atoms with Crippen molar-refractivity contribution in [1.82, 2.24) is 0 Å². The van der Waals surface area contributed by atoms with Crippen LogP contribution in [0.2, 0.25) is 0 Å². The molecule has 0 aromatic heterocycles. The van der Waals surface area contributed by atoms with Gasteiger partial charge >= 0.3 is 5.97 Å². The fourth-order valence-corrected chi connectivity index (χ4v) is 2.80. The lowest BCUT2D eigenvalue weighted by Crippen LogP contribution is -2.12. The lowest BCUT2D eigenvalue weighted by Gasteiger charge is -2.04. The van der Waals surface area contributed by atoms with Crippen molar-refractivity contribution in [2.45, 2.75) is 109 Å².